The van der Waals surface area contributed by atoms with E-state index in [0.717, 1.165) is 12.8 Å². The molecule has 0 aliphatic rings. The molecule has 0 radical (unpaired) electrons. The minimum Gasteiger partial charge on any atom is -0.481 e. The Morgan fingerprint density at radius 1 is 0.957 bits per heavy atom. The van der Waals surface area contributed by atoms with E-state index in [-0.39, 0.29) is 6.42 Å². The van der Waals surface area contributed by atoms with Crippen LogP contribution in [0.5, 0.6) is 0 Å². The lowest BCUT2D eigenvalue weighted by atomic mass is 10.1. The normalized spacial score (nSPS) is 13.5. The second-order valence-corrected chi connectivity index (χ2v) is 5.93. The molecule has 0 amide bonds. The van der Waals surface area contributed by atoms with Crippen molar-refractivity contribution in [3.63, 3.8) is 0 Å². The molecule has 0 aromatic rings. The molecule has 2 N–H and O–H groups in total. The first kappa shape index (κ1) is 21.6. The van der Waals surface area contributed by atoms with Gasteiger partial charge in [-0.1, -0.05) is 75.5 Å². The van der Waals surface area contributed by atoms with Crippen LogP contribution in [0.1, 0.15) is 77.6 Å². The summed E-state index contributed by atoms with van der Waals surface area (Å²) in [4.78, 5) is 10.3. The summed E-state index contributed by atoms with van der Waals surface area (Å²) in [6, 6.07) is 0. The molecule has 0 heterocycles. The van der Waals surface area contributed by atoms with E-state index in [1.165, 1.54) is 38.5 Å². The third-order valence-electron chi connectivity index (χ3n) is 3.63. The summed E-state index contributed by atoms with van der Waals surface area (Å²) >= 11 is 0. The van der Waals surface area contributed by atoms with Crippen LogP contribution in [-0.4, -0.2) is 22.3 Å². The Labute approximate surface area is 141 Å². The van der Waals surface area contributed by atoms with E-state index < -0.39 is 12.1 Å². The van der Waals surface area contributed by atoms with Crippen molar-refractivity contribution in [1.82, 2.24) is 0 Å². The van der Waals surface area contributed by atoms with Crippen LogP contribution in [0.3, 0.4) is 0 Å². The molecule has 0 aromatic carbocycles. The van der Waals surface area contributed by atoms with E-state index in [1.807, 2.05) is 12.2 Å². The van der Waals surface area contributed by atoms with Gasteiger partial charge in [0.05, 0.1) is 6.10 Å². The second kappa shape index (κ2) is 17.0. The van der Waals surface area contributed by atoms with Crippen molar-refractivity contribution in [2.75, 3.05) is 0 Å². The Morgan fingerprint density at radius 2 is 1.70 bits per heavy atom. The molecule has 3 nitrogen and oxygen atoms in total. The van der Waals surface area contributed by atoms with Gasteiger partial charge in [-0.15, -0.1) is 0 Å². The molecule has 0 aliphatic carbocycles. The van der Waals surface area contributed by atoms with Gasteiger partial charge in [-0.3, -0.25) is 4.79 Å². The van der Waals surface area contributed by atoms with Crippen molar-refractivity contribution in [3.05, 3.63) is 36.5 Å². The highest BCUT2D eigenvalue weighted by molar-refractivity contribution is 5.66. The first-order chi connectivity index (χ1) is 11.2. The van der Waals surface area contributed by atoms with Crippen molar-refractivity contribution < 1.29 is 15.0 Å². The maximum absolute atomic E-state index is 10.3. The van der Waals surface area contributed by atoms with Gasteiger partial charge in [0.2, 0.25) is 0 Å². The number of hydrogen-bond acceptors (Lipinski definition) is 2. The SMILES string of the molecule is CCCCCCCC/C=C\C/C=C\C=C\[C@H](O)CCCC(=O)O. The molecule has 0 spiro atoms. The first-order valence-corrected chi connectivity index (χ1v) is 9.05. The largest absolute Gasteiger partial charge is 0.481 e. The van der Waals surface area contributed by atoms with Gasteiger partial charge >= 0.3 is 5.97 Å². The summed E-state index contributed by atoms with van der Waals surface area (Å²) in [6.45, 7) is 2.24. The third kappa shape index (κ3) is 18.6. The predicted molar refractivity (Wildman–Crippen MR) is 97.5 cm³/mol. The summed E-state index contributed by atoms with van der Waals surface area (Å²) < 4.78 is 0. The van der Waals surface area contributed by atoms with Crippen LogP contribution < -0.4 is 0 Å². The van der Waals surface area contributed by atoms with Gasteiger partial charge in [-0.25, -0.2) is 0 Å². The van der Waals surface area contributed by atoms with Crippen LogP contribution in [0.4, 0.5) is 0 Å². The number of carboxylic acid groups (broad SMARTS) is 1. The van der Waals surface area contributed by atoms with Gasteiger partial charge < -0.3 is 10.2 Å². The van der Waals surface area contributed by atoms with Gasteiger partial charge in [0.1, 0.15) is 0 Å². The smallest absolute Gasteiger partial charge is 0.303 e. The average molecular weight is 322 g/mol. The van der Waals surface area contributed by atoms with Gasteiger partial charge in [-0.05, 0) is 32.1 Å². The number of carbonyl (C=O) groups is 1. The zero-order valence-corrected chi connectivity index (χ0v) is 14.6. The Morgan fingerprint density at radius 3 is 2.43 bits per heavy atom. The van der Waals surface area contributed by atoms with E-state index in [4.69, 9.17) is 5.11 Å². The Kier molecular flexibility index (Phi) is 16.0. The van der Waals surface area contributed by atoms with E-state index in [9.17, 15) is 9.90 Å². The van der Waals surface area contributed by atoms with Crippen molar-refractivity contribution in [1.29, 1.82) is 0 Å². The van der Waals surface area contributed by atoms with Crippen molar-refractivity contribution in [3.8, 4) is 0 Å². The summed E-state index contributed by atoms with van der Waals surface area (Å²) in [5, 5.41) is 18.1. The van der Waals surface area contributed by atoms with Gasteiger partial charge in [0.25, 0.3) is 0 Å². The monoisotopic (exact) mass is 322 g/mol. The summed E-state index contributed by atoms with van der Waals surface area (Å²) in [5.74, 6) is -0.811. The predicted octanol–water partition coefficient (Wildman–Crippen LogP) is 5.41. The first-order valence-electron chi connectivity index (χ1n) is 9.05. The maximum Gasteiger partial charge on any atom is 0.303 e. The standard InChI is InChI=1S/C20H34O3/c1-2-3-4-5-6-7-8-9-10-11-12-13-14-16-19(21)17-15-18-20(22)23/h9-10,12-14,16,19,21H,2-8,11,15,17-18H2,1H3,(H,22,23)/b10-9-,13-12-,16-14+/t19-/m0/s1. The van der Waals surface area contributed by atoms with Crippen LogP contribution in [0.2, 0.25) is 0 Å². The Balaban J connectivity index is 3.49. The third-order valence-corrected chi connectivity index (χ3v) is 3.63. The van der Waals surface area contributed by atoms with Gasteiger partial charge in [0, 0.05) is 6.42 Å². The molecule has 3 heteroatoms. The lowest BCUT2D eigenvalue weighted by Gasteiger charge is -2.02. The number of carboxylic acids is 1. The molecule has 23 heavy (non-hydrogen) atoms. The minimum atomic E-state index is -0.811. The lowest BCUT2D eigenvalue weighted by molar-refractivity contribution is -0.137. The fraction of sp³-hybridized carbons (Fsp3) is 0.650. The topological polar surface area (TPSA) is 57.5 Å². The quantitative estimate of drug-likeness (QED) is 0.241. The highest BCUT2D eigenvalue weighted by Gasteiger charge is 2.01. The van der Waals surface area contributed by atoms with E-state index in [1.54, 1.807) is 6.08 Å². The molecular formula is C20H34O3. The molecule has 0 bridgehead atoms. The fourth-order valence-electron chi connectivity index (χ4n) is 2.24. The Bertz CT molecular complexity index is 356. The van der Waals surface area contributed by atoms with Crippen LogP contribution >= 0.6 is 0 Å². The van der Waals surface area contributed by atoms with Gasteiger partial charge in [0.15, 0.2) is 0 Å². The molecule has 0 unspecified atom stereocenters. The van der Waals surface area contributed by atoms with Crippen molar-refractivity contribution in [2.45, 2.75) is 83.7 Å². The number of aliphatic hydroxyl groups excluding tert-OH is 1. The molecule has 0 saturated heterocycles. The molecule has 0 saturated carbocycles. The highest BCUT2D eigenvalue weighted by atomic mass is 16.4. The number of aliphatic hydroxyl groups is 1. The van der Waals surface area contributed by atoms with Crippen LogP contribution in [0.25, 0.3) is 0 Å². The fourth-order valence-corrected chi connectivity index (χ4v) is 2.24. The van der Waals surface area contributed by atoms with Crippen LogP contribution in [0.15, 0.2) is 36.5 Å². The lowest BCUT2D eigenvalue weighted by Crippen LogP contribution is -2.03. The number of hydrogen-bond donors (Lipinski definition) is 2. The number of rotatable bonds is 15. The van der Waals surface area contributed by atoms with Crippen molar-refractivity contribution in [2.24, 2.45) is 0 Å². The minimum absolute atomic E-state index is 0.115. The second-order valence-electron chi connectivity index (χ2n) is 5.93. The molecule has 132 valence electrons. The zero-order chi connectivity index (χ0) is 17.2. The summed E-state index contributed by atoms with van der Waals surface area (Å²) in [6.07, 6.45) is 22.6. The summed E-state index contributed by atoms with van der Waals surface area (Å²) in [5.41, 5.74) is 0. The van der Waals surface area contributed by atoms with E-state index in [0.29, 0.717) is 12.8 Å². The molecule has 1 atom stereocenters. The maximum atomic E-state index is 10.3. The summed E-state index contributed by atoms with van der Waals surface area (Å²) in [7, 11) is 0. The Hall–Kier alpha value is -1.35. The molecule has 0 aliphatic heterocycles. The van der Waals surface area contributed by atoms with Crippen molar-refractivity contribution >= 4 is 5.97 Å². The highest BCUT2D eigenvalue weighted by Crippen LogP contribution is 2.07. The number of aliphatic carboxylic acids is 1. The molecule has 0 rings (SSSR count). The molecule has 0 aromatic heterocycles. The van der Waals surface area contributed by atoms with E-state index >= 15 is 0 Å². The van der Waals surface area contributed by atoms with E-state index in [2.05, 4.69) is 25.2 Å². The number of unbranched alkanes of at least 4 members (excludes halogenated alkanes) is 6. The van der Waals surface area contributed by atoms with Crippen LogP contribution in [-0.2, 0) is 4.79 Å². The van der Waals surface area contributed by atoms with Crippen LogP contribution in [0, 0.1) is 0 Å². The average Bonchev–Trinajstić information content (AvgIpc) is 2.51. The molecule has 0 fully saturated rings. The number of allylic oxidation sites excluding steroid dienone is 5. The zero-order valence-electron chi connectivity index (χ0n) is 14.6. The molecular weight excluding hydrogens is 288 g/mol. The van der Waals surface area contributed by atoms with Gasteiger partial charge in [-0.2, -0.15) is 0 Å².